The Hall–Kier alpha value is -3.22. The van der Waals surface area contributed by atoms with Crippen molar-refractivity contribution in [2.75, 3.05) is 19.5 Å². The molecule has 7 nitrogen and oxygen atoms in total. The molecule has 0 aliphatic heterocycles. The molecule has 0 spiro atoms. The Labute approximate surface area is 145 Å². The van der Waals surface area contributed by atoms with E-state index in [2.05, 4.69) is 10.1 Å². The Morgan fingerprint density at radius 1 is 1.00 bits per heavy atom. The largest absolute Gasteiger partial charge is 0.465 e. The maximum absolute atomic E-state index is 12.3. The minimum absolute atomic E-state index is 0.0589. The van der Waals surface area contributed by atoms with Crippen molar-refractivity contribution in [2.24, 2.45) is 0 Å². The number of benzene rings is 1. The summed E-state index contributed by atoms with van der Waals surface area (Å²) in [6, 6.07) is 7.99. The molecule has 1 amide bonds. The van der Waals surface area contributed by atoms with Gasteiger partial charge in [-0.05, 0) is 30.7 Å². The Kier molecular flexibility index (Phi) is 5.84. The van der Waals surface area contributed by atoms with E-state index in [0.717, 1.165) is 5.56 Å². The fraction of sp³-hybridized carbons (Fsp3) is 0.222. The Morgan fingerprint density at radius 3 is 2.24 bits per heavy atom. The van der Waals surface area contributed by atoms with Crippen molar-refractivity contribution in [1.82, 2.24) is 0 Å². The number of amides is 1. The number of aryl methyl sites for hydroxylation is 1. The number of rotatable bonds is 5. The molecule has 25 heavy (non-hydrogen) atoms. The standard InChI is InChI=1S/C18H18N2O5/c1-12-6-8-20(9-7-12)11-16(21)19-15-10-13(17(22)24-2)4-5-14(15)18(23)25-3/h4-10H,11H2,1-3H3/p+1. The SMILES string of the molecule is COC(=O)c1ccc(C(=O)OC)c(NC(=O)C[n+]2ccc(C)cc2)c1. The molecule has 0 aliphatic carbocycles. The van der Waals surface area contributed by atoms with Gasteiger partial charge >= 0.3 is 11.9 Å². The summed E-state index contributed by atoms with van der Waals surface area (Å²) in [6.07, 6.45) is 3.56. The van der Waals surface area contributed by atoms with Crippen molar-refractivity contribution < 1.29 is 28.4 Å². The highest BCUT2D eigenvalue weighted by Gasteiger charge is 2.18. The molecule has 1 heterocycles. The molecule has 0 saturated heterocycles. The number of esters is 2. The molecular weight excluding hydrogens is 324 g/mol. The topological polar surface area (TPSA) is 85.6 Å². The monoisotopic (exact) mass is 343 g/mol. The number of methoxy groups -OCH3 is 2. The molecule has 0 radical (unpaired) electrons. The van der Waals surface area contributed by atoms with Crippen LogP contribution in [0.5, 0.6) is 0 Å². The molecular formula is C18H19N2O5+. The van der Waals surface area contributed by atoms with Gasteiger partial charge in [-0.1, -0.05) is 0 Å². The van der Waals surface area contributed by atoms with Crippen molar-refractivity contribution >= 4 is 23.5 Å². The van der Waals surface area contributed by atoms with Gasteiger partial charge in [0.25, 0.3) is 5.91 Å². The van der Waals surface area contributed by atoms with Crippen LogP contribution in [-0.2, 0) is 20.8 Å². The highest BCUT2D eigenvalue weighted by molar-refractivity contribution is 6.03. The highest BCUT2D eigenvalue weighted by Crippen LogP contribution is 2.19. The highest BCUT2D eigenvalue weighted by atomic mass is 16.5. The van der Waals surface area contributed by atoms with Gasteiger partial charge in [-0.3, -0.25) is 4.79 Å². The number of anilines is 1. The summed E-state index contributed by atoms with van der Waals surface area (Å²) in [4.78, 5) is 35.8. The molecule has 1 N–H and O–H groups in total. The molecule has 130 valence electrons. The fourth-order valence-corrected chi connectivity index (χ4v) is 2.17. The van der Waals surface area contributed by atoms with Gasteiger partial charge in [0, 0.05) is 12.1 Å². The van der Waals surface area contributed by atoms with Crippen LogP contribution in [0.4, 0.5) is 5.69 Å². The average Bonchev–Trinajstić information content (AvgIpc) is 2.62. The maximum atomic E-state index is 12.3. The first kappa shape index (κ1) is 18.1. The molecule has 0 aliphatic rings. The zero-order valence-electron chi connectivity index (χ0n) is 14.2. The summed E-state index contributed by atoms with van der Waals surface area (Å²) in [5.41, 5.74) is 1.63. The van der Waals surface area contributed by atoms with Crippen LogP contribution in [-0.4, -0.2) is 32.1 Å². The lowest BCUT2D eigenvalue weighted by Gasteiger charge is -2.10. The zero-order valence-corrected chi connectivity index (χ0v) is 14.2. The van der Waals surface area contributed by atoms with Gasteiger partial charge in [0.1, 0.15) is 0 Å². The van der Waals surface area contributed by atoms with Crippen LogP contribution in [0.1, 0.15) is 26.3 Å². The van der Waals surface area contributed by atoms with Crippen LogP contribution in [0.3, 0.4) is 0 Å². The molecule has 0 unspecified atom stereocenters. The third kappa shape index (κ3) is 4.63. The predicted molar refractivity (Wildman–Crippen MR) is 89.1 cm³/mol. The van der Waals surface area contributed by atoms with E-state index in [4.69, 9.17) is 4.74 Å². The fourth-order valence-electron chi connectivity index (χ4n) is 2.17. The molecule has 2 rings (SSSR count). The molecule has 0 saturated carbocycles. The van der Waals surface area contributed by atoms with Crippen molar-refractivity contribution in [3.05, 3.63) is 59.4 Å². The first-order valence-electron chi connectivity index (χ1n) is 7.51. The van der Waals surface area contributed by atoms with Gasteiger partial charge in [0.2, 0.25) is 6.54 Å². The predicted octanol–water partition coefficient (Wildman–Crippen LogP) is 1.49. The van der Waals surface area contributed by atoms with Crippen LogP contribution in [0.25, 0.3) is 0 Å². The van der Waals surface area contributed by atoms with Crippen LogP contribution < -0.4 is 9.88 Å². The normalized spacial score (nSPS) is 10.0. The minimum Gasteiger partial charge on any atom is -0.465 e. The lowest BCUT2D eigenvalue weighted by atomic mass is 10.1. The lowest BCUT2D eigenvalue weighted by Crippen LogP contribution is -2.39. The van der Waals surface area contributed by atoms with Gasteiger partial charge in [0.15, 0.2) is 12.4 Å². The van der Waals surface area contributed by atoms with Gasteiger partial charge < -0.3 is 14.8 Å². The smallest absolute Gasteiger partial charge is 0.339 e. The summed E-state index contributed by atoms with van der Waals surface area (Å²) in [6.45, 7) is 2.01. The van der Waals surface area contributed by atoms with E-state index in [1.54, 1.807) is 17.0 Å². The number of hydrogen-bond donors (Lipinski definition) is 1. The van der Waals surface area contributed by atoms with Gasteiger partial charge in [-0.15, -0.1) is 0 Å². The number of ether oxygens (including phenoxy) is 2. The second-order valence-electron chi connectivity index (χ2n) is 5.34. The number of nitrogens with one attached hydrogen (secondary N) is 1. The summed E-state index contributed by atoms with van der Waals surface area (Å²) in [7, 11) is 2.49. The molecule has 0 bridgehead atoms. The number of carbonyl (C=O) groups excluding carboxylic acids is 3. The van der Waals surface area contributed by atoms with Crippen molar-refractivity contribution in [1.29, 1.82) is 0 Å². The van der Waals surface area contributed by atoms with Crippen molar-refractivity contribution in [2.45, 2.75) is 13.5 Å². The summed E-state index contributed by atoms with van der Waals surface area (Å²) in [5, 5.41) is 2.64. The number of aromatic nitrogens is 1. The first-order chi connectivity index (χ1) is 11.9. The van der Waals surface area contributed by atoms with E-state index in [9.17, 15) is 14.4 Å². The zero-order chi connectivity index (χ0) is 18.4. The van der Waals surface area contributed by atoms with E-state index in [0.29, 0.717) is 0 Å². The molecule has 7 heteroatoms. The quantitative estimate of drug-likeness (QED) is 0.657. The minimum atomic E-state index is -0.616. The van der Waals surface area contributed by atoms with Gasteiger partial charge in [0.05, 0.1) is 31.0 Å². The van der Waals surface area contributed by atoms with Crippen LogP contribution >= 0.6 is 0 Å². The van der Waals surface area contributed by atoms with E-state index >= 15 is 0 Å². The van der Waals surface area contributed by atoms with Crippen LogP contribution in [0.2, 0.25) is 0 Å². The van der Waals surface area contributed by atoms with Crippen LogP contribution in [0.15, 0.2) is 42.7 Å². The van der Waals surface area contributed by atoms with E-state index < -0.39 is 11.9 Å². The molecule has 1 aromatic carbocycles. The second-order valence-corrected chi connectivity index (χ2v) is 5.34. The number of hydrogen-bond acceptors (Lipinski definition) is 5. The van der Waals surface area contributed by atoms with Crippen LogP contribution in [0, 0.1) is 6.92 Å². The molecule has 0 atom stereocenters. The third-order valence-corrected chi connectivity index (χ3v) is 3.50. The summed E-state index contributed by atoms with van der Waals surface area (Å²) in [5.74, 6) is -1.53. The number of pyridine rings is 1. The Balaban J connectivity index is 2.25. The first-order valence-corrected chi connectivity index (χ1v) is 7.51. The molecule has 2 aromatic rings. The van der Waals surface area contributed by atoms with E-state index in [1.165, 1.54) is 32.4 Å². The van der Waals surface area contributed by atoms with E-state index in [1.807, 2.05) is 19.1 Å². The second kappa shape index (κ2) is 8.05. The van der Waals surface area contributed by atoms with E-state index in [-0.39, 0.29) is 29.3 Å². The number of nitrogens with zero attached hydrogens (tertiary/aromatic N) is 1. The van der Waals surface area contributed by atoms with Gasteiger partial charge in [-0.2, -0.15) is 4.57 Å². The van der Waals surface area contributed by atoms with Crippen molar-refractivity contribution in [3.63, 3.8) is 0 Å². The maximum Gasteiger partial charge on any atom is 0.339 e. The van der Waals surface area contributed by atoms with Crippen molar-refractivity contribution in [3.8, 4) is 0 Å². The molecule has 0 fully saturated rings. The Bertz CT molecular complexity index is 800. The van der Waals surface area contributed by atoms with Gasteiger partial charge in [-0.25, -0.2) is 9.59 Å². The number of carbonyl (C=O) groups is 3. The summed E-state index contributed by atoms with van der Waals surface area (Å²) >= 11 is 0. The summed E-state index contributed by atoms with van der Waals surface area (Å²) < 4.78 is 11.1. The third-order valence-electron chi connectivity index (χ3n) is 3.50. The lowest BCUT2D eigenvalue weighted by molar-refractivity contribution is -0.684. The Morgan fingerprint density at radius 2 is 1.64 bits per heavy atom. The molecule has 1 aromatic heterocycles. The average molecular weight is 343 g/mol.